The Morgan fingerprint density at radius 3 is 2.35 bits per heavy atom. The molecule has 1 atom stereocenters. The zero-order chi connectivity index (χ0) is 23.5. The summed E-state index contributed by atoms with van der Waals surface area (Å²) in [5, 5.41) is 2.96. The molecule has 0 saturated carbocycles. The van der Waals surface area contributed by atoms with E-state index in [9.17, 15) is 9.59 Å². The number of carbonyl (C=O) groups excluding carboxylic acids is 2. The number of benzene rings is 2. The van der Waals surface area contributed by atoms with Crippen LogP contribution in [-0.4, -0.2) is 41.4 Å². The van der Waals surface area contributed by atoms with Gasteiger partial charge in [-0.1, -0.05) is 54.6 Å². The standard InChI is InChI=1S/C28H37N3O2.ClH/c1-27(2,29)26(33)30-24(14-8-11-21-9-4-3-5-10-21)25(32)31-19-17-28(18-20-31)16-15-22-12-6-7-13-23(22)28;/h3-7,9-10,12-13,24H,8,11,14-20,29H2,1-2H3,(H,30,33);1H/t24-;/m1./s1. The van der Waals surface area contributed by atoms with Gasteiger partial charge in [-0.3, -0.25) is 9.59 Å². The SMILES string of the molecule is CC(C)(N)C(=O)N[C@H](CCCc1ccccc1)C(=O)N1CCC2(CCc3ccccc32)CC1.Cl. The first-order chi connectivity index (χ1) is 15.8. The minimum absolute atomic E-state index is 0. The topological polar surface area (TPSA) is 75.4 Å². The van der Waals surface area contributed by atoms with Gasteiger partial charge in [-0.15, -0.1) is 12.4 Å². The van der Waals surface area contributed by atoms with Crippen LogP contribution in [0.3, 0.4) is 0 Å². The van der Waals surface area contributed by atoms with Crippen LogP contribution in [0.25, 0.3) is 0 Å². The second-order valence-electron chi connectivity index (χ2n) is 10.4. The molecule has 2 aromatic rings. The third-order valence-corrected chi connectivity index (χ3v) is 7.48. The fourth-order valence-electron chi connectivity index (χ4n) is 5.42. The van der Waals surface area contributed by atoms with Crippen LogP contribution in [-0.2, 0) is 27.8 Å². The molecule has 1 heterocycles. The Morgan fingerprint density at radius 1 is 1.03 bits per heavy atom. The number of aryl methyl sites for hydroxylation is 2. The first-order valence-corrected chi connectivity index (χ1v) is 12.3. The summed E-state index contributed by atoms with van der Waals surface area (Å²) >= 11 is 0. The molecule has 1 fully saturated rings. The Bertz CT molecular complexity index is 979. The first kappa shape index (κ1) is 26.2. The second-order valence-corrected chi connectivity index (χ2v) is 10.4. The number of hydrogen-bond donors (Lipinski definition) is 2. The maximum absolute atomic E-state index is 13.5. The second kappa shape index (κ2) is 10.9. The lowest BCUT2D eigenvalue weighted by molar-refractivity contribution is -0.139. The third-order valence-electron chi connectivity index (χ3n) is 7.48. The molecule has 1 saturated heterocycles. The molecule has 0 aromatic heterocycles. The Balaban J connectivity index is 0.00000324. The van der Waals surface area contributed by atoms with Crippen molar-refractivity contribution in [1.29, 1.82) is 0 Å². The summed E-state index contributed by atoms with van der Waals surface area (Å²) in [6.07, 6.45) is 6.61. The summed E-state index contributed by atoms with van der Waals surface area (Å²) in [6.45, 7) is 4.83. The number of fused-ring (bicyclic) bond motifs is 2. The van der Waals surface area contributed by atoms with Crippen molar-refractivity contribution < 1.29 is 9.59 Å². The van der Waals surface area contributed by atoms with E-state index in [1.165, 1.54) is 23.1 Å². The molecule has 0 bridgehead atoms. The van der Waals surface area contributed by atoms with Crippen LogP contribution in [0, 0.1) is 0 Å². The number of carbonyl (C=O) groups is 2. The van der Waals surface area contributed by atoms with Crippen molar-refractivity contribution in [3.05, 3.63) is 71.3 Å². The molecule has 184 valence electrons. The van der Waals surface area contributed by atoms with Crippen LogP contribution in [0.15, 0.2) is 54.6 Å². The number of hydrogen-bond acceptors (Lipinski definition) is 3. The zero-order valence-corrected chi connectivity index (χ0v) is 21.2. The molecule has 3 N–H and O–H groups in total. The number of piperidine rings is 1. The monoisotopic (exact) mass is 483 g/mol. The maximum Gasteiger partial charge on any atom is 0.245 e. The Labute approximate surface area is 209 Å². The van der Waals surface area contributed by atoms with E-state index in [1.54, 1.807) is 13.8 Å². The number of nitrogens with two attached hydrogens (primary N) is 1. The number of halogens is 1. The van der Waals surface area contributed by atoms with Crippen LogP contribution in [0.1, 0.15) is 62.6 Å². The van der Waals surface area contributed by atoms with Crippen molar-refractivity contribution >= 4 is 24.2 Å². The summed E-state index contributed by atoms with van der Waals surface area (Å²) in [6, 6.07) is 18.5. The summed E-state index contributed by atoms with van der Waals surface area (Å²) in [7, 11) is 0. The molecule has 0 unspecified atom stereocenters. The molecular weight excluding hydrogens is 446 g/mol. The first-order valence-electron chi connectivity index (χ1n) is 12.3. The van der Waals surface area contributed by atoms with E-state index < -0.39 is 11.6 Å². The number of nitrogens with zero attached hydrogens (tertiary/aromatic N) is 1. The van der Waals surface area contributed by atoms with E-state index >= 15 is 0 Å². The Hall–Kier alpha value is -2.37. The van der Waals surface area contributed by atoms with E-state index in [0.29, 0.717) is 6.42 Å². The van der Waals surface area contributed by atoms with E-state index in [0.717, 1.165) is 45.2 Å². The Kier molecular flexibility index (Phi) is 8.43. The molecule has 1 aliphatic carbocycles. The number of rotatable bonds is 7. The van der Waals surface area contributed by atoms with Crippen molar-refractivity contribution in [2.45, 2.75) is 75.8 Å². The third kappa shape index (κ3) is 5.81. The number of nitrogens with one attached hydrogen (secondary N) is 1. The van der Waals surface area contributed by atoms with Gasteiger partial charge in [0.15, 0.2) is 0 Å². The van der Waals surface area contributed by atoms with Gasteiger partial charge in [0.1, 0.15) is 6.04 Å². The van der Waals surface area contributed by atoms with E-state index in [1.807, 2.05) is 23.1 Å². The van der Waals surface area contributed by atoms with Crippen LogP contribution >= 0.6 is 12.4 Å². The van der Waals surface area contributed by atoms with Crippen molar-refractivity contribution in [2.24, 2.45) is 5.73 Å². The normalized spacial score (nSPS) is 17.6. The summed E-state index contributed by atoms with van der Waals surface area (Å²) < 4.78 is 0. The van der Waals surface area contributed by atoms with E-state index in [2.05, 4.69) is 41.7 Å². The van der Waals surface area contributed by atoms with Gasteiger partial charge in [-0.25, -0.2) is 0 Å². The van der Waals surface area contributed by atoms with Gasteiger partial charge in [-0.2, -0.15) is 0 Å². The molecule has 5 nitrogen and oxygen atoms in total. The lowest BCUT2D eigenvalue weighted by Gasteiger charge is -2.41. The molecule has 2 amide bonds. The van der Waals surface area contributed by atoms with Gasteiger partial charge in [0.2, 0.25) is 11.8 Å². The van der Waals surface area contributed by atoms with Crippen LogP contribution < -0.4 is 11.1 Å². The van der Waals surface area contributed by atoms with Crippen LogP contribution in [0.5, 0.6) is 0 Å². The van der Waals surface area contributed by atoms with Gasteiger partial charge in [0.25, 0.3) is 0 Å². The lowest BCUT2D eigenvalue weighted by Crippen LogP contribution is -2.57. The molecule has 4 rings (SSSR count). The molecule has 1 aliphatic heterocycles. The number of amides is 2. The van der Waals surface area contributed by atoms with Crippen molar-refractivity contribution in [3.8, 4) is 0 Å². The molecule has 6 heteroatoms. The van der Waals surface area contributed by atoms with Crippen molar-refractivity contribution in [2.75, 3.05) is 13.1 Å². The predicted octanol–water partition coefficient (Wildman–Crippen LogP) is 4.16. The predicted molar refractivity (Wildman–Crippen MR) is 139 cm³/mol. The summed E-state index contributed by atoms with van der Waals surface area (Å²) in [5.41, 5.74) is 9.39. The highest BCUT2D eigenvalue weighted by Gasteiger charge is 2.42. The maximum atomic E-state index is 13.5. The van der Waals surface area contributed by atoms with Gasteiger partial charge in [0, 0.05) is 13.1 Å². The molecule has 1 spiro atoms. The van der Waals surface area contributed by atoms with E-state index in [-0.39, 0.29) is 29.6 Å². The Morgan fingerprint density at radius 2 is 1.68 bits per heavy atom. The van der Waals surface area contributed by atoms with E-state index in [4.69, 9.17) is 5.73 Å². The quantitative estimate of drug-likeness (QED) is 0.620. The van der Waals surface area contributed by atoms with Gasteiger partial charge in [0.05, 0.1) is 5.54 Å². The van der Waals surface area contributed by atoms with Crippen LogP contribution in [0.4, 0.5) is 0 Å². The molecular formula is C28H38ClN3O2. The minimum Gasteiger partial charge on any atom is -0.343 e. The highest BCUT2D eigenvalue weighted by atomic mass is 35.5. The van der Waals surface area contributed by atoms with Crippen LogP contribution in [0.2, 0.25) is 0 Å². The molecule has 2 aromatic carbocycles. The highest BCUT2D eigenvalue weighted by Crippen LogP contribution is 2.46. The molecule has 2 aliphatic rings. The largest absolute Gasteiger partial charge is 0.343 e. The minimum atomic E-state index is -1.02. The zero-order valence-electron chi connectivity index (χ0n) is 20.4. The lowest BCUT2D eigenvalue weighted by atomic mass is 9.74. The van der Waals surface area contributed by atoms with Gasteiger partial charge < -0.3 is 16.0 Å². The van der Waals surface area contributed by atoms with Crippen molar-refractivity contribution in [1.82, 2.24) is 10.2 Å². The van der Waals surface area contributed by atoms with Gasteiger partial charge in [-0.05, 0) is 80.9 Å². The molecule has 34 heavy (non-hydrogen) atoms. The van der Waals surface area contributed by atoms with Crippen molar-refractivity contribution in [3.63, 3.8) is 0 Å². The average molecular weight is 484 g/mol. The average Bonchev–Trinajstić information content (AvgIpc) is 3.16. The number of likely N-dealkylation sites (tertiary alicyclic amines) is 1. The summed E-state index contributed by atoms with van der Waals surface area (Å²) in [5.74, 6) is -0.249. The highest BCUT2D eigenvalue weighted by molar-refractivity contribution is 5.91. The summed E-state index contributed by atoms with van der Waals surface area (Å²) in [4.78, 5) is 28.1. The fourth-order valence-corrected chi connectivity index (χ4v) is 5.42. The fraction of sp³-hybridized carbons (Fsp3) is 0.500. The smallest absolute Gasteiger partial charge is 0.245 e. The molecule has 0 radical (unpaired) electrons. The van der Waals surface area contributed by atoms with Gasteiger partial charge >= 0.3 is 0 Å².